The third-order valence-electron chi connectivity index (χ3n) is 4.05. The van der Waals surface area contributed by atoms with E-state index in [4.69, 9.17) is 4.74 Å². The number of H-pyrrole nitrogens is 1. The van der Waals surface area contributed by atoms with Crippen molar-refractivity contribution in [3.8, 4) is 5.75 Å². The molecular weight excluding hydrogens is 300 g/mol. The molecule has 5 heteroatoms. The number of hydrogen-bond acceptors (Lipinski definition) is 4. The number of rotatable bonds is 7. The molecule has 0 spiro atoms. The third kappa shape index (κ3) is 3.85. The third-order valence-corrected chi connectivity index (χ3v) is 4.05. The van der Waals surface area contributed by atoms with Gasteiger partial charge in [-0.3, -0.25) is 0 Å². The van der Waals surface area contributed by atoms with Gasteiger partial charge < -0.3 is 15.0 Å². The molecule has 5 nitrogen and oxygen atoms in total. The van der Waals surface area contributed by atoms with E-state index in [-0.39, 0.29) is 6.04 Å². The fraction of sp³-hybridized carbons (Fsp3) is 0.368. The summed E-state index contributed by atoms with van der Waals surface area (Å²) in [5, 5.41) is 4.45. The van der Waals surface area contributed by atoms with Crippen molar-refractivity contribution in [2.45, 2.75) is 33.2 Å². The fourth-order valence-corrected chi connectivity index (χ4v) is 2.54. The number of aromatic amines is 1. The molecule has 0 aliphatic carbocycles. The fourth-order valence-electron chi connectivity index (χ4n) is 2.54. The van der Waals surface area contributed by atoms with Crippen LogP contribution in [0.1, 0.15) is 38.8 Å². The second-order valence-electron chi connectivity index (χ2n) is 6.43. The first-order valence-corrected chi connectivity index (χ1v) is 8.41. The average molecular weight is 324 g/mol. The molecule has 3 aromatic rings. The van der Waals surface area contributed by atoms with Gasteiger partial charge in [0.2, 0.25) is 0 Å². The zero-order chi connectivity index (χ0) is 16.9. The Kier molecular flexibility index (Phi) is 4.99. The highest BCUT2D eigenvalue weighted by atomic mass is 16.5. The Hall–Kier alpha value is -2.56. The Bertz CT molecular complexity index is 779. The maximum absolute atomic E-state index is 5.77. The predicted molar refractivity (Wildman–Crippen MR) is 97.3 cm³/mol. The maximum Gasteiger partial charge on any atom is 0.142 e. The molecule has 0 amide bonds. The first-order chi connectivity index (χ1) is 11.6. The Morgan fingerprint density at radius 2 is 1.88 bits per heavy atom. The Morgan fingerprint density at radius 3 is 2.62 bits per heavy atom. The number of nitrogens with zero attached hydrogens (tertiary/aromatic N) is 2. The Morgan fingerprint density at radius 1 is 1.08 bits per heavy atom. The smallest absolute Gasteiger partial charge is 0.142 e. The first kappa shape index (κ1) is 16.3. The highest BCUT2D eigenvalue weighted by Crippen LogP contribution is 2.24. The van der Waals surface area contributed by atoms with E-state index in [0.717, 1.165) is 35.6 Å². The van der Waals surface area contributed by atoms with Gasteiger partial charge in [-0.05, 0) is 43.0 Å². The zero-order valence-corrected chi connectivity index (χ0v) is 14.4. The Balaban J connectivity index is 1.64. The van der Waals surface area contributed by atoms with Gasteiger partial charge >= 0.3 is 0 Å². The van der Waals surface area contributed by atoms with Crippen LogP contribution in [-0.2, 0) is 0 Å². The normalized spacial score (nSPS) is 12.5. The van der Waals surface area contributed by atoms with Gasteiger partial charge in [0.05, 0.1) is 12.0 Å². The topological polar surface area (TPSA) is 62.8 Å². The second kappa shape index (κ2) is 7.34. The van der Waals surface area contributed by atoms with Crippen molar-refractivity contribution < 1.29 is 4.74 Å². The van der Waals surface area contributed by atoms with Crippen molar-refractivity contribution >= 4 is 16.9 Å². The van der Waals surface area contributed by atoms with Crippen molar-refractivity contribution in [2.24, 2.45) is 5.92 Å². The van der Waals surface area contributed by atoms with Gasteiger partial charge in [0.25, 0.3) is 0 Å². The molecule has 3 rings (SSSR count). The number of ether oxygens (including phenoxy) is 1. The SMILES string of the molecule is CC(C)CCOc1ccc(C(C)Nc2ncnc3[nH]ccc23)cc1. The van der Waals surface area contributed by atoms with Gasteiger partial charge in [-0.2, -0.15) is 0 Å². The monoisotopic (exact) mass is 324 g/mol. The van der Waals surface area contributed by atoms with E-state index >= 15 is 0 Å². The summed E-state index contributed by atoms with van der Waals surface area (Å²) in [5.41, 5.74) is 2.03. The van der Waals surface area contributed by atoms with Crippen LogP contribution in [0.25, 0.3) is 11.0 Å². The molecule has 1 aromatic carbocycles. The number of nitrogens with one attached hydrogen (secondary N) is 2. The molecule has 1 atom stereocenters. The van der Waals surface area contributed by atoms with Crippen LogP contribution in [0.5, 0.6) is 5.75 Å². The molecule has 0 fully saturated rings. The molecule has 0 bridgehead atoms. The summed E-state index contributed by atoms with van der Waals surface area (Å²) in [7, 11) is 0. The highest BCUT2D eigenvalue weighted by Gasteiger charge is 2.10. The van der Waals surface area contributed by atoms with E-state index in [2.05, 4.69) is 53.2 Å². The van der Waals surface area contributed by atoms with Crippen molar-refractivity contribution in [3.05, 3.63) is 48.4 Å². The molecule has 2 N–H and O–H groups in total. The first-order valence-electron chi connectivity index (χ1n) is 8.41. The van der Waals surface area contributed by atoms with E-state index in [9.17, 15) is 0 Å². The van der Waals surface area contributed by atoms with Crippen molar-refractivity contribution in [1.29, 1.82) is 0 Å². The quantitative estimate of drug-likeness (QED) is 0.669. The molecule has 24 heavy (non-hydrogen) atoms. The van der Waals surface area contributed by atoms with Crippen LogP contribution in [0.4, 0.5) is 5.82 Å². The minimum atomic E-state index is 0.141. The predicted octanol–water partition coefficient (Wildman–Crippen LogP) is 4.56. The number of benzene rings is 1. The van der Waals surface area contributed by atoms with E-state index in [1.165, 1.54) is 5.56 Å². The number of anilines is 1. The highest BCUT2D eigenvalue weighted by molar-refractivity contribution is 5.86. The summed E-state index contributed by atoms with van der Waals surface area (Å²) in [4.78, 5) is 11.7. The van der Waals surface area contributed by atoms with Crippen molar-refractivity contribution in [2.75, 3.05) is 11.9 Å². The molecule has 2 heterocycles. The van der Waals surface area contributed by atoms with Crippen LogP contribution in [0.3, 0.4) is 0 Å². The Labute approximate surface area is 142 Å². The molecular formula is C19H24N4O. The molecule has 0 saturated heterocycles. The number of fused-ring (bicyclic) bond motifs is 1. The van der Waals surface area contributed by atoms with E-state index in [1.54, 1.807) is 6.33 Å². The lowest BCUT2D eigenvalue weighted by Crippen LogP contribution is -2.08. The lowest BCUT2D eigenvalue weighted by Gasteiger charge is -2.16. The minimum Gasteiger partial charge on any atom is -0.494 e. The van der Waals surface area contributed by atoms with Gasteiger partial charge in [-0.15, -0.1) is 0 Å². The molecule has 1 unspecified atom stereocenters. The van der Waals surface area contributed by atoms with E-state index in [1.807, 2.05) is 24.4 Å². The lowest BCUT2D eigenvalue weighted by molar-refractivity contribution is 0.289. The van der Waals surface area contributed by atoms with Crippen LogP contribution in [0, 0.1) is 5.92 Å². The standard InChI is InChI=1S/C19H24N4O/c1-13(2)9-11-24-16-6-4-15(5-7-16)14(3)23-19-17-8-10-20-18(17)21-12-22-19/h4-8,10,12-14H,9,11H2,1-3H3,(H2,20,21,22,23). The van der Waals surface area contributed by atoms with Gasteiger partial charge in [-0.25, -0.2) is 9.97 Å². The van der Waals surface area contributed by atoms with Crippen LogP contribution in [-0.4, -0.2) is 21.6 Å². The summed E-state index contributed by atoms with van der Waals surface area (Å²) in [6.07, 6.45) is 4.51. The molecule has 0 saturated carbocycles. The maximum atomic E-state index is 5.77. The van der Waals surface area contributed by atoms with Crippen molar-refractivity contribution in [3.63, 3.8) is 0 Å². The van der Waals surface area contributed by atoms with Gasteiger partial charge in [0, 0.05) is 12.2 Å². The van der Waals surface area contributed by atoms with Gasteiger partial charge in [0.15, 0.2) is 0 Å². The number of aromatic nitrogens is 3. The molecule has 0 aliphatic heterocycles. The van der Waals surface area contributed by atoms with Crippen LogP contribution < -0.4 is 10.1 Å². The van der Waals surface area contributed by atoms with Gasteiger partial charge in [-0.1, -0.05) is 26.0 Å². The summed E-state index contributed by atoms with van der Waals surface area (Å²) in [6.45, 7) is 7.29. The summed E-state index contributed by atoms with van der Waals surface area (Å²) in [6, 6.07) is 10.4. The van der Waals surface area contributed by atoms with Gasteiger partial charge in [0.1, 0.15) is 23.5 Å². The second-order valence-corrected chi connectivity index (χ2v) is 6.43. The van der Waals surface area contributed by atoms with Crippen LogP contribution in [0.15, 0.2) is 42.9 Å². The number of hydrogen-bond donors (Lipinski definition) is 2. The minimum absolute atomic E-state index is 0.141. The summed E-state index contributed by atoms with van der Waals surface area (Å²) >= 11 is 0. The molecule has 0 aliphatic rings. The van der Waals surface area contributed by atoms with Crippen molar-refractivity contribution in [1.82, 2.24) is 15.0 Å². The van der Waals surface area contributed by atoms with Crippen LogP contribution in [0.2, 0.25) is 0 Å². The van der Waals surface area contributed by atoms with E-state index in [0.29, 0.717) is 5.92 Å². The largest absolute Gasteiger partial charge is 0.494 e. The molecule has 2 aromatic heterocycles. The summed E-state index contributed by atoms with van der Waals surface area (Å²) < 4.78 is 5.77. The molecule has 0 radical (unpaired) electrons. The van der Waals surface area contributed by atoms with E-state index < -0.39 is 0 Å². The summed E-state index contributed by atoms with van der Waals surface area (Å²) in [5.74, 6) is 2.42. The lowest BCUT2D eigenvalue weighted by atomic mass is 10.1. The average Bonchev–Trinajstić information content (AvgIpc) is 3.05. The molecule has 126 valence electrons. The zero-order valence-electron chi connectivity index (χ0n) is 14.4. The van der Waals surface area contributed by atoms with Crippen LogP contribution >= 0.6 is 0 Å².